The highest BCUT2D eigenvalue weighted by molar-refractivity contribution is 8.00. The lowest BCUT2D eigenvalue weighted by atomic mass is 10.1. The molecule has 1 N–H and O–H groups in total. The summed E-state index contributed by atoms with van der Waals surface area (Å²) in [7, 11) is 0. The summed E-state index contributed by atoms with van der Waals surface area (Å²) < 4.78 is 0.854. The SMILES string of the molecule is Cc1ccc(C)c(CSc2nnc(NC(=O)c3cccs3)s2)c1. The van der Waals surface area contributed by atoms with Gasteiger partial charge in [-0.05, 0) is 36.4 Å². The van der Waals surface area contributed by atoms with Crippen LogP contribution in [0.25, 0.3) is 0 Å². The summed E-state index contributed by atoms with van der Waals surface area (Å²) in [6.45, 7) is 4.21. The Bertz CT molecular complexity index is 812. The maximum atomic E-state index is 12.0. The predicted octanol–water partition coefficient (Wildman–Crippen LogP) is 4.76. The number of hydrogen-bond acceptors (Lipinski definition) is 6. The van der Waals surface area contributed by atoms with Crippen molar-refractivity contribution in [2.45, 2.75) is 23.9 Å². The van der Waals surface area contributed by atoms with E-state index >= 15 is 0 Å². The Morgan fingerprint density at radius 1 is 1.26 bits per heavy atom. The molecule has 0 aliphatic carbocycles. The monoisotopic (exact) mass is 361 g/mol. The van der Waals surface area contributed by atoms with Gasteiger partial charge >= 0.3 is 0 Å². The van der Waals surface area contributed by atoms with E-state index < -0.39 is 0 Å². The van der Waals surface area contributed by atoms with E-state index in [4.69, 9.17) is 0 Å². The molecule has 3 aromatic rings. The Kier molecular flexibility index (Phi) is 5.09. The third-order valence-electron chi connectivity index (χ3n) is 3.23. The molecule has 0 spiro atoms. The van der Waals surface area contributed by atoms with Gasteiger partial charge in [0.05, 0.1) is 4.88 Å². The number of carbonyl (C=O) groups is 1. The first-order chi connectivity index (χ1) is 11.1. The number of carbonyl (C=O) groups excluding carboxylic acids is 1. The van der Waals surface area contributed by atoms with Crippen molar-refractivity contribution in [2.24, 2.45) is 0 Å². The van der Waals surface area contributed by atoms with Crippen LogP contribution in [-0.4, -0.2) is 16.1 Å². The lowest BCUT2D eigenvalue weighted by Gasteiger charge is -2.05. The molecule has 2 heterocycles. The Morgan fingerprint density at radius 2 is 2.13 bits per heavy atom. The lowest BCUT2D eigenvalue weighted by Crippen LogP contribution is -2.09. The smallest absolute Gasteiger partial charge is 0.267 e. The van der Waals surface area contributed by atoms with Crippen molar-refractivity contribution >= 4 is 45.5 Å². The predicted molar refractivity (Wildman–Crippen MR) is 97.7 cm³/mol. The third-order valence-corrected chi connectivity index (χ3v) is 6.12. The summed E-state index contributed by atoms with van der Waals surface area (Å²) >= 11 is 4.45. The topological polar surface area (TPSA) is 54.9 Å². The second-order valence-corrected chi connectivity index (χ2v) is 8.17. The van der Waals surface area contributed by atoms with Gasteiger partial charge in [-0.25, -0.2) is 0 Å². The molecule has 1 amide bonds. The van der Waals surface area contributed by atoms with Gasteiger partial charge in [0, 0.05) is 5.75 Å². The zero-order chi connectivity index (χ0) is 16.2. The van der Waals surface area contributed by atoms with Crippen LogP contribution in [0.3, 0.4) is 0 Å². The van der Waals surface area contributed by atoms with Crippen LogP contribution < -0.4 is 5.32 Å². The largest absolute Gasteiger partial charge is 0.296 e. The Morgan fingerprint density at radius 3 is 2.91 bits per heavy atom. The van der Waals surface area contributed by atoms with Crippen LogP contribution in [0, 0.1) is 13.8 Å². The number of benzene rings is 1. The number of nitrogens with zero attached hydrogens (tertiary/aromatic N) is 2. The van der Waals surface area contributed by atoms with E-state index in [2.05, 4.69) is 47.6 Å². The minimum absolute atomic E-state index is 0.137. The fraction of sp³-hybridized carbons (Fsp3) is 0.188. The molecule has 0 bridgehead atoms. The van der Waals surface area contributed by atoms with Crippen LogP contribution >= 0.6 is 34.4 Å². The zero-order valence-electron chi connectivity index (χ0n) is 12.7. The first-order valence-electron chi connectivity index (χ1n) is 6.99. The normalized spacial score (nSPS) is 10.7. The van der Waals surface area contributed by atoms with Gasteiger partial charge < -0.3 is 0 Å². The molecule has 0 saturated carbocycles. The van der Waals surface area contributed by atoms with Crippen molar-refractivity contribution in [3.8, 4) is 0 Å². The number of nitrogens with one attached hydrogen (secondary N) is 1. The average molecular weight is 362 g/mol. The highest BCUT2D eigenvalue weighted by Crippen LogP contribution is 2.29. The van der Waals surface area contributed by atoms with Gasteiger partial charge in [-0.15, -0.1) is 21.5 Å². The van der Waals surface area contributed by atoms with Crippen LogP contribution in [0.4, 0.5) is 5.13 Å². The third kappa shape index (κ3) is 4.19. The molecular formula is C16H15N3OS3. The molecule has 4 nitrogen and oxygen atoms in total. The van der Waals surface area contributed by atoms with E-state index in [-0.39, 0.29) is 5.91 Å². The van der Waals surface area contributed by atoms with Crippen LogP contribution in [0.15, 0.2) is 40.1 Å². The molecule has 118 valence electrons. The molecule has 7 heteroatoms. The van der Waals surface area contributed by atoms with Crippen LogP contribution in [0.1, 0.15) is 26.4 Å². The number of thiophene rings is 1. The summed E-state index contributed by atoms with van der Waals surface area (Å²) in [5.41, 5.74) is 3.83. The standard InChI is InChI=1S/C16H15N3OS3/c1-10-5-6-11(2)12(8-10)9-22-16-19-18-15(23-16)17-14(20)13-4-3-7-21-13/h3-8H,9H2,1-2H3,(H,17,18,20). The first kappa shape index (κ1) is 16.2. The number of aromatic nitrogens is 2. The molecule has 23 heavy (non-hydrogen) atoms. The molecule has 0 saturated heterocycles. The fourth-order valence-electron chi connectivity index (χ4n) is 1.98. The minimum atomic E-state index is -0.137. The van der Waals surface area contributed by atoms with Crippen LogP contribution in [0.5, 0.6) is 0 Å². The number of anilines is 1. The number of thioether (sulfide) groups is 1. The van der Waals surface area contributed by atoms with Crippen molar-refractivity contribution in [3.05, 3.63) is 57.3 Å². The molecule has 1 aromatic carbocycles. The van der Waals surface area contributed by atoms with Gasteiger partial charge in [0.15, 0.2) is 4.34 Å². The van der Waals surface area contributed by atoms with Crippen molar-refractivity contribution in [3.63, 3.8) is 0 Å². The quantitative estimate of drug-likeness (QED) is 0.526. The summed E-state index contributed by atoms with van der Waals surface area (Å²) in [4.78, 5) is 12.6. The number of aryl methyl sites for hydroxylation is 2. The van der Waals surface area contributed by atoms with E-state index in [1.165, 1.54) is 39.4 Å². The maximum absolute atomic E-state index is 12.0. The summed E-state index contributed by atoms with van der Waals surface area (Å²) in [5, 5.41) is 13.4. The van der Waals surface area contributed by atoms with Gasteiger partial charge in [-0.1, -0.05) is 52.9 Å². The number of amides is 1. The van der Waals surface area contributed by atoms with Crippen LogP contribution in [0.2, 0.25) is 0 Å². The van der Waals surface area contributed by atoms with Gasteiger partial charge in [0.2, 0.25) is 5.13 Å². The van der Waals surface area contributed by atoms with Gasteiger partial charge in [-0.3, -0.25) is 10.1 Å². The van der Waals surface area contributed by atoms with E-state index in [0.29, 0.717) is 10.0 Å². The van der Waals surface area contributed by atoms with E-state index in [0.717, 1.165) is 10.1 Å². The lowest BCUT2D eigenvalue weighted by molar-refractivity contribution is 0.103. The molecule has 0 aliphatic rings. The minimum Gasteiger partial charge on any atom is -0.296 e. The maximum Gasteiger partial charge on any atom is 0.267 e. The van der Waals surface area contributed by atoms with Gasteiger partial charge in [0.25, 0.3) is 5.91 Å². The molecule has 0 aliphatic heterocycles. The second kappa shape index (κ2) is 7.25. The molecule has 0 atom stereocenters. The Hall–Kier alpha value is -1.70. The molecule has 2 aromatic heterocycles. The molecule has 3 rings (SSSR count). The van der Waals surface area contributed by atoms with E-state index in [1.807, 2.05) is 11.4 Å². The van der Waals surface area contributed by atoms with Crippen LogP contribution in [-0.2, 0) is 5.75 Å². The fourth-order valence-corrected chi connectivity index (χ4v) is 4.41. The van der Waals surface area contributed by atoms with Gasteiger partial charge in [0.1, 0.15) is 0 Å². The van der Waals surface area contributed by atoms with Crippen molar-refractivity contribution in [1.29, 1.82) is 0 Å². The van der Waals surface area contributed by atoms with Crippen molar-refractivity contribution < 1.29 is 4.79 Å². The van der Waals surface area contributed by atoms with Gasteiger partial charge in [-0.2, -0.15) is 0 Å². The molecule has 0 radical (unpaired) electrons. The van der Waals surface area contributed by atoms with E-state index in [1.54, 1.807) is 17.8 Å². The highest BCUT2D eigenvalue weighted by Gasteiger charge is 2.11. The average Bonchev–Trinajstić information content (AvgIpc) is 3.19. The first-order valence-corrected chi connectivity index (χ1v) is 9.67. The summed E-state index contributed by atoms with van der Waals surface area (Å²) in [6.07, 6.45) is 0. The zero-order valence-corrected chi connectivity index (χ0v) is 15.1. The highest BCUT2D eigenvalue weighted by atomic mass is 32.2. The molecule has 0 unspecified atom stereocenters. The Balaban J connectivity index is 1.61. The van der Waals surface area contributed by atoms with E-state index in [9.17, 15) is 4.79 Å². The number of rotatable bonds is 5. The second-order valence-electron chi connectivity index (χ2n) is 5.02. The summed E-state index contributed by atoms with van der Waals surface area (Å²) in [5.74, 6) is 0.711. The van der Waals surface area contributed by atoms with Crippen molar-refractivity contribution in [2.75, 3.05) is 5.32 Å². The molecular weight excluding hydrogens is 346 g/mol. The number of hydrogen-bond donors (Lipinski definition) is 1. The van der Waals surface area contributed by atoms with Crippen molar-refractivity contribution in [1.82, 2.24) is 10.2 Å². The molecule has 0 fully saturated rings. The summed E-state index contributed by atoms with van der Waals surface area (Å²) in [6, 6.07) is 10.1. The Labute approximate surface area is 147 Å².